The molecule has 0 fully saturated rings. The highest BCUT2D eigenvalue weighted by Gasteiger charge is 2.12. The molecule has 2 rings (SSSR count). The summed E-state index contributed by atoms with van der Waals surface area (Å²) in [4.78, 5) is 22.0. The number of hydrogen-bond acceptors (Lipinski definition) is 4. The monoisotopic (exact) mass is 311 g/mol. The first-order valence-electron chi connectivity index (χ1n) is 6.43. The van der Waals surface area contributed by atoms with Crippen molar-refractivity contribution in [2.45, 2.75) is 0 Å². The van der Waals surface area contributed by atoms with Crippen LogP contribution in [0.25, 0.3) is 6.08 Å². The van der Waals surface area contributed by atoms with Crippen molar-refractivity contribution in [3.63, 3.8) is 0 Å². The van der Waals surface area contributed by atoms with Crippen LogP contribution in [-0.2, 0) is 4.79 Å². The molecular weight excluding hydrogens is 301 g/mol. The zero-order valence-electron chi connectivity index (χ0n) is 11.7. The maximum atomic E-state index is 13.5. The molecule has 1 amide bonds. The number of nitrogens with zero attached hydrogens (tertiary/aromatic N) is 2. The van der Waals surface area contributed by atoms with Crippen LogP contribution in [0, 0.1) is 27.3 Å². The second-order valence-corrected chi connectivity index (χ2v) is 4.45. The van der Waals surface area contributed by atoms with Gasteiger partial charge in [-0.25, -0.2) is 4.39 Å². The number of carbonyl (C=O) groups excluding carboxylic acids is 1. The van der Waals surface area contributed by atoms with Crippen molar-refractivity contribution in [2.24, 2.45) is 0 Å². The molecular formula is C16H10FN3O3. The van der Waals surface area contributed by atoms with E-state index < -0.39 is 16.6 Å². The number of carbonyl (C=O) groups is 1. The summed E-state index contributed by atoms with van der Waals surface area (Å²) in [6, 6.07) is 12.6. The summed E-state index contributed by atoms with van der Waals surface area (Å²) in [6.45, 7) is 0. The van der Waals surface area contributed by atoms with Crippen LogP contribution in [0.2, 0.25) is 0 Å². The minimum atomic E-state index is -0.768. The number of non-ortho nitro benzene ring substituents is 1. The maximum absolute atomic E-state index is 13.5. The molecule has 0 aliphatic rings. The van der Waals surface area contributed by atoms with Gasteiger partial charge in [-0.15, -0.1) is 0 Å². The van der Waals surface area contributed by atoms with Crippen LogP contribution in [0.15, 0.2) is 54.1 Å². The number of nitrogens with one attached hydrogen (secondary N) is 1. The van der Waals surface area contributed by atoms with Crippen molar-refractivity contribution < 1.29 is 14.1 Å². The highest BCUT2D eigenvalue weighted by Crippen LogP contribution is 2.16. The Morgan fingerprint density at radius 3 is 2.43 bits per heavy atom. The van der Waals surface area contributed by atoms with E-state index in [1.807, 2.05) is 0 Å². The average molecular weight is 311 g/mol. The smallest absolute Gasteiger partial charge is 0.269 e. The van der Waals surface area contributed by atoms with Gasteiger partial charge in [0.25, 0.3) is 11.6 Å². The topological polar surface area (TPSA) is 96.0 Å². The van der Waals surface area contributed by atoms with Crippen molar-refractivity contribution >= 4 is 23.4 Å². The van der Waals surface area contributed by atoms with E-state index in [-0.39, 0.29) is 16.9 Å². The Labute approximate surface area is 130 Å². The minimum Gasteiger partial charge on any atom is -0.319 e. The molecule has 0 spiro atoms. The Morgan fingerprint density at radius 1 is 1.22 bits per heavy atom. The first-order valence-corrected chi connectivity index (χ1v) is 6.43. The molecule has 0 aliphatic heterocycles. The number of hydrogen-bond donors (Lipinski definition) is 1. The lowest BCUT2D eigenvalue weighted by Gasteiger charge is -2.05. The molecule has 114 valence electrons. The van der Waals surface area contributed by atoms with E-state index in [0.29, 0.717) is 5.56 Å². The maximum Gasteiger partial charge on any atom is 0.269 e. The number of nitro benzene ring substituents is 1. The minimum absolute atomic E-state index is 0.0395. The lowest BCUT2D eigenvalue weighted by molar-refractivity contribution is -0.384. The van der Waals surface area contributed by atoms with Gasteiger partial charge in [0.15, 0.2) is 0 Å². The number of rotatable bonds is 4. The number of amides is 1. The molecule has 0 atom stereocenters. The molecule has 2 aromatic carbocycles. The first-order chi connectivity index (χ1) is 11.0. The highest BCUT2D eigenvalue weighted by molar-refractivity contribution is 6.09. The summed E-state index contributed by atoms with van der Waals surface area (Å²) < 4.78 is 13.5. The number of nitriles is 1. The van der Waals surface area contributed by atoms with Gasteiger partial charge < -0.3 is 5.32 Å². The van der Waals surface area contributed by atoms with Crippen LogP contribution in [-0.4, -0.2) is 10.8 Å². The second kappa shape index (κ2) is 6.95. The summed E-state index contributed by atoms with van der Waals surface area (Å²) in [5, 5.41) is 21.9. The van der Waals surface area contributed by atoms with Gasteiger partial charge in [0, 0.05) is 12.1 Å². The van der Waals surface area contributed by atoms with Crippen molar-refractivity contribution in [2.75, 3.05) is 5.32 Å². The lowest BCUT2D eigenvalue weighted by Crippen LogP contribution is -2.14. The lowest BCUT2D eigenvalue weighted by atomic mass is 10.1. The van der Waals surface area contributed by atoms with Gasteiger partial charge in [-0.2, -0.15) is 5.26 Å². The number of benzene rings is 2. The summed E-state index contributed by atoms with van der Waals surface area (Å²) in [6.07, 6.45) is 1.26. The third-order valence-electron chi connectivity index (χ3n) is 2.90. The molecule has 0 aromatic heterocycles. The molecule has 0 unspecified atom stereocenters. The van der Waals surface area contributed by atoms with E-state index in [4.69, 9.17) is 5.26 Å². The van der Waals surface area contributed by atoms with E-state index in [1.165, 1.54) is 48.5 Å². The molecule has 0 aliphatic carbocycles. The molecule has 1 N–H and O–H groups in total. The Hall–Kier alpha value is -3.53. The highest BCUT2D eigenvalue weighted by atomic mass is 19.1. The Balaban J connectivity index is 2.21. The zero-order chi connectivity index (χ0) is 16.8. The second-order valence-electron chi connectivity index (χ2n) is 4.45. The molecule has 23 heavy (non-hydrogen) atoms. The molecule has 2 aromatic rings. The largest absolute Gasteiger partial charge is 0.319 e. The van der Waals surface area contributed by atoms with Crippen molar-refractivity contribution in [3.8, 4) is 6.07 Å². The average Bonchev–Trinajstić information content (AvgIpc) is 2.55. The van der Waals surface area contributed by atoms with Crippen LogP contribution in [0.4, 0.5) is 15.8 Å². The van der Waals surface area contributed by atoms with Gasteiger partial charge >= 0.3 is 0 Å². The Morgan fingerprint density at radius 2 is 1.87 bits per heavy atom. The summed E-state index contributed by atoms with van der Waals surface area (Å²) in [7, 11) is 0. The third-order valence-corrected chi connectivity index (χ3v) is 2.90. The van der Waals surface area contributed by atoms with Crippen LogP contribution in [0.3, 0.4) is 0 Å². The van der Waals surface area contributed by atoms with Gasteiger partial charge in [0.1, 0.15) is 17.5 Å². The van der Waals surface area contributed by atoms with Crippen LogP contribution in [0.5, 0.6) is 0 Å². The Bertz CT molecular complexity index is 823. The fourth-order valence-corrected chi connectivity index (χ4v) is 1.76. The van der Waals surface area contributed by atoms with E-state index in [2.05, 4.69) is 5.32 Å². The number of halogens is 1. The van der Waals surface area contributed by atoms with E-state index in [0.717, 1.165) is 0 Å². The van der Waals surface area contributed by atoms with Gasteiger partial charge in [-0.1, -0.05) is 12.1 Å². The van der Waals surface area contributed by atoms with Crippen LogP contribution >= 0.6 is 0 Å². The molecule has 0 heterocycles. The van der Waals surface area contributed by atoms with Crippen LogP contribution in [0.1, 0.15) is 5.56 Å². The summed E-state index contributed by atoms with van der Waals surface area (Å²) in [5.74, 6) is -1.38. The normalized spacial score (nSPS) is 10.7. The van der Waals surface area contributed by atoms with E-state index in [9.17, 15) is 19.3 Å². The van der Waals surface area contributed by atoms with Crippen LogP contribution < -0.4 is 5.32 Å². The molecule has 7 heteroatoms. The Kier molecular flexibility index (Phi) is 4.79. The van der Waals surface area contributed by atoms with Crippen molar-refractivity contribution in [3.05, 3.63) is 75.6 Å². The van der Waals surface area contributed by atoms with Gasteiger partial charge in [0.2, 0.25) is 0 Å². The standard InChI is InChI=1S/C16H10FN3O3/c17-14-3-1-2-4-15(14)19-16(21)12(10-18)9-11-5-7-13(8-6-11)20(22)23/h1-9H,(H,19,21). The van der Waals surface area contributed by atoms with Crippen molar-refractivity contribution in [1.29, 1.82) is 5.26 Å². The third kappa shape index (κ3) is 3.98. The predicted molar refractivity (Wildman–Crippen MR) is 81.7 cm³/mol. The van der Waals surface area contributed by atoms with Gasteiger partial charge in [-0.05, 0) is 35.9 Å². The number of nitro groups is 1. The summed E-state index contributed by atoms with van der Waals surface area (Å²) >= 11 is 0. The predicted octanol–water partition coefficient (Wildman–Crippen LogP) is 3.28. The molecule has 0 radical (unpaired) electrons. The van der Waals surface area contributed by atoms with E-state index in [1.54, 1.807) is 12.1 Å². The SMILES string of the molecule is N#CC(=Cc1ccc([N+](=O)[O-])cc1)C(=O)Nc1ccccc1F. The summed E-state index contributed by atoms with van der Waals surface area (Å²) in [5.41, 5.74) is 0.0526. The van der Waals surface area contributed by atoms with Gasteiger partial charge in [0.05, 0.1) is 10.6 Å². The van der Waals surface area contributed by atoms with Crippen molar-refractivity contribution in [1.82, 2.24) is 0 Å². The number of anilines is 1. The quantitative estimate of drug-likeness (QED) is 0.405. The first kappa shape index (κ1) is 15.9. The molecule has 0 saturated heterocycles. The molecule has 0 bridgehead atoms. The molecule has 0 saturated carbocycles. The zero-order valence-corrected chi connectivity index (χ0v) is 11.7. The fraction of sp³-hybridized carbons (Fsp3) is 0. The molecule has 6 nitrogen and oxygen atoms in total. The van der Waals surface area contributed by atoms with E-state index >= 15 is 0 Å². The fourth-order valence-electron chi connectivity index (χ4n) is 1.76. The number of para-hydroxylation sites is 1. The van der Waals surface area contributed by atoms with Gasteiger partial charge in [-0.3, -0.25) is 14.9 Å².